The molecule has 0 amide bonds. The lowest BCUT2D eigenvalue weighted by atomic mass is 10.1. The van der Waals surface area contributed by atoms with Crippen LogP contribution in [0.5, 0.6) is 0 Å². The van der Waals surface area contributed by atoms with Crippen molar-refractivity contribution in [1.82, 2.24) is 0 Å². The van der Waals surface area contributed by atoms with Gasteiger partial charge >= 0.3 is 0 Å². The van der Waals surface area contributed by atoms with Crippen LogP contribution in [0.15, 0.2) is 46.6 Å². The van der Waals surface area contributed by atoms with Gasteiger partial charge in [-0.15, -0.1) is 11.1 Å². The highest BCUT2D eigenvalue weighted by atomic mass is 28.4. The molecule has 0 unspecified atom stereocenters. The zero-order valence-corrected chi connectivity index (χ0v) is 50.8. The molecule has 0 spiro atoms. The van der Waals surface area contributed by atoms with E-state index in [1.165, 1.54) is 0 Å². The Kier molecular flexibility index (Phi) is 20.2. The minimum absolute atomic E-state index is 0.0650. The molecule has 1 aromatic rings. The van der Waals surface area contributed by atoms with Crippen LogP contribution < -0.4 is 0 Å². The number of hydrogen-bond acceptors (Lipinski definition) is 4. The Hall–Kier alpha value is -1.92. The van der Waals surface area contributed by atoms with Crippen LogP contribution in [-0.2, 0) is 17.7 Å². The van der Waals surface area contributed by atoms with Gasteiger partial charge in [0.15, 0.2) is 33.3 Å². The van der Waals surface area contributed by atoms with Gasteiger partial charge in [0.1, 0.15) is 16.1 Å². The lowest BCUT2D eigenvalue weighted by Gasteiger charge is -2.37. The fourth-order valence-electron chi connectivity index (χ4n) is 4.13. The topological polar surface area (TPSA) is 36.9 Å². The van der Waals surface area contributed by atoms with E-state index >= 15 is 0 Å². The summed E-state index contributed by atoms with van der Waals surface area (Å²) in [6.45, 7) is 61.0. The maximum absolute atomic E-state index is 6.83. The average molecular weight is 948 g/mol. The summed E-state index contributed by atoms with van der Waals surface area (Å²) in [5, 5.41) is 0.285. The van der Waals surface area contributed by atoms with Gasteiger partial charge < -0.3 is 17.7 Å². The summed E-state index contributed by atoms with van der Waals surface area (Å²) in [5.41, 5.74) is 12.8. The van der Waals surface area contributed by atoms with Crippen molar-refractivity contribution in [3.8, 4) is 46.6 Å². The smallest absolute Gasteiger partial charge is 0.192 e. The largest absolute Gasteiger partial charge is 0.412 e. The quantitative estimate of drug-likeness (QED) is 0.155. The molecule has 0 bridgehead atoms. The van der Waals surface area contributed by atoms with Crippen LogP contribution in [-0.4, -0.2) is 75.8 Å². The standard InChI is InChI=1S/C52H90O4Si6/c1-49(2,3)59(19,20)53-39-45(47(35-37-57(13,14)15)41-55-61(23,24)51(7,8)9)33-31-43-27-29-44(30-28-43)32-34-46(40-54-60(21,22)50(4,5)6)48(36-38-58(16,17)18)42-56-62(25,26)52(10,11)12/h27-30H,39-42H2,1-26H3/b47-45+,48-46+. The molecule has 0 aliphatic rings. The third-order valence-corrected chi connectivity index (χ3v) is 32.7. The van der Waals surface area contributed by atoms with E-state index in [2.05, 4.69) is 246 Å². The van der Waals surface area contributed by atoms with E-state index in [9.17, 15) is 0 Å². The summed E-state index contributed by atoms with van der Waals surface area (Å²) in [6, 6.07) is 8.24. The first-order chi connectivity index (χ1) is 27.5. The molecule has 1 aromatic carbocycles. The van der Waals surface area contributed by atoms with Crippen LogP contribution in [0.2, 0.25) is 112 Å². The molecule has 0 saturated heterocycles. The highest BCUT2D eigenvalue weighted by Crippen LogP contribution is 2.40. The molecule has 0 heterocycles. The third-order valence-electron chi connectivity index (χ3n) is 13.0. The van der Waals surface area contributed by atoms with Gasteiger partial charge in [0.2, 0.25) is 0 Å². The Balaban J connectivity index is 4.00. The molecule has 1 rings (SSSR count). The summed E-state index contributed by atoms with van der Waals surface area (Å²) < 4.78 is 27.3. The van der Waals surface area contributed by atoms with E-state index in [0.717, 1.165) is 33.4 Å². The van der Waals surface area contributed by atoms with Crippen molar-refractivity contribution in [3.63, 3.8) is 0 Å². The first-order valence-corrected chi connectivity index (χ1v) is 41.3. The molecule has 0 atom stereocenters. The number of hydrogen-bond donors (Lipinski definition) is 0. The van der Waals surface area contributed by atoms with Crippen LogP contribution in [0, 0.1) is 46.6 Å². The van der Waals surface area contributed by atoms with Crippen LogP contribution >= 0.6 is 0 Å². The van der Waals surface area contributed by atoms with E-state index < -0.39 is 49.4 Å². The van der Waals surface area contributed by atoms with Gasteiger partial charge in [-0.3, -0.25) is 0 Å². The molecule has 0 N–H and O–H groups in total. The summed E-state index contributed by atoms with van der Waals surface area (Å²) in [5.74, 6) is 21.3. The molecule has 0 aliphatic carbocycles. The minimum Gasteiger partial charge on any atom is -0.412 e. The van der Waals surface area contributed by atoms with Crippen molar-refractivity contribution < 1.29 is 17.7 Å². The highest BCUT2D eigenvalue weighted by Gasteiger charge is 2.40. The molecular formula is C52H90O4Si6. The van der Waals surface area contributed by atoms with Gasteiger partial charge in [0.25, 0.3) is 0 Å². The molecule has 10 heteroatoms. The second kappa shape index (κ2) is 21.6. The van der Waals surface area contributed by atoms with Gasteiger partial charge in [-0.1, -0.05) is 158 Å². The normalized spacial score (nSPS) is 14.5. The molecule has 0 aromatic heterocycles. The molecule has 0 fully saturated rings. The molecule has 62 heavy (non-hydrogen) atoms. The van der Waals surface area contributed by atoms with Gasteiger partial charge in [0, 0.05) is 33.4 Å². The average Bonchev–Trinajstić information content (AvgIpc) is 3.06. The second-order valence-corrected chi connectivity index (χ2v) is 53.9. The zero-order chi connectivity index (χ0) is 48.6. The van der Waals surface area contributed by atoms with Crippen LogP contribution in [0.1, 0.15) is 94.2 Å². The second-order valence-electron chi connectivity index (χ2n) is 25.2. The number of rotatable bonds is 12. The predicted octanol–water partition coefficient (Wildman–Crippen LogP) is 14.8. The molecule has 4 nitrogen and oxygen atoms in total. The van der Waals surface area contributed by atoms with Crippen molar-refractivity contribution in [2.75, 3.05) is 26.4 Å². The minimum atomic E-state index is -2.08. The Morgan fingerprint density at radius 1 is 0.355 bits per heavy atom. The predicted molar refractivity (Wildman–Crippen MR) is 289 cm³/mol. The lowest BCUT2D eigenvalue weighted by molar-refractivity contribution is 0.308. The first kappa shape index (κ1) is 58.1. The van der Waals surface area contributed by atoms with Crippen LogP contribution in [0.4, 0.5) is 0 Å². The zero-order valence-electron chi connectivity index (χ0n) is 44.8. The monoisotopic (exact) mass is 947 g/mol. The van der Waals surface area contributed by atoms with E-state index in [1.54, 1.807) is 0 Å². The maximum atomic E-state index is 6.83. The SMILES string of the molecule is CC(C)(C)[Si](C)(C)OC/C(C#Cc1ccc(C#C/C(CO[Si](C)(C)C(C)(C)C)=C(/C#C[Si](C)(C)C)CO[Si](C)(C)C(C)(C)C)cc1)=C(\C#C[Si](C)(C)C)CO[Si](C)(C)C(C)(C)C. The van der Waals surface area contributed by atoms with E-state index in [0.29, 0.717) is 26.4 Å². The van der Waals surface area contributed by atoms with Gasteiger partial charge in [0.05, 0.1) is 26.4 Å². The van der Waals surface area contributed by atoms with Gasteiger partial charge in [-0.2, -0.15) is 0 Å². The van der Waals surface area contributed by atoms with Crippen LogP contribution in [0.3, 0.4) is 0 Å². The number of benzene rings is 1. The third kappa shape index (κ3) is 19.7. The lowest BCUT2D eigenvalue weighted by Crippen LogP contribution is -2.42. The Labute approximate surface area is 390 Å². The molecule has 0 aliphatic heterocycles. The van der Waals surface area contributed by atoms with Crippen molar-refractivity contribution in [1.29, 1.82) is 0 Å². The highest BCUT2D eigenvalue weighted by molar-refractivity contribution is 6.84. The van der Waals surface area contributed by atoms with E-state index in [4.69, 9.17) is 17.7 Å². The van der Waals surface area contributed by atoms with Crippen molar-refractivity contribution >= 4 is 49.4 Å². The Bertz CT molecular complexity index is 1850. The van der Waals surface area contributed by atoms with Crippen molar-refractivity contribution in [2.45, 2.75) is 195 Å². The van der Waals surface area contributed by atoms with Gasteiger partial charge in [-0.05, 0) is 96.8 Å². The van der Waals surface area contributed by atoms with E-state index in [-0.39, 0.29) is 20.2 Å². The maximum Gasteiger partial charge on any atom is 0.192 e. The summed E-state index contributed by atoms with van der Waals surface area (Å²) >= 11 is 0. The summed E-state index contributed by atoms with van der Waals surface area (Å²) in [6.07, 6.45) is 0. The van der Waals surface area contributed by atoms with Gasteiger partial charge in [-0.25, -0.2) is 0 Å². The molecular weight excluding hydrogens is 857 g/mol. The van der Waals surface area contributed by atoms with Crippen molar-refractivity contribution in [2.24, 2.45) is 0 Å². The fourth-order valence-corrected chi connectivity index (χ4v) is 8.93. The molecule has 0 saturated carbocycles. The van der Waals surface area contributed by atoms with E-state index in [1.807, 2.05) is 0 Å². The first-order valence-electron chi connectivity index (χ1n) is 22.7. The summed E-state index contributed by atoms with van der Waals surface area (Å²) in [7, 11) is -11.7. The Morgan fingerprint density at radius 2 is 0.548 bits per heavy atom. The fraction of sp³-hybridized carbons (Fsp3) is 0.654. The van der Waals surface area contributed by atoms with Crippen LogP contribution in [0.25, 0.3) is 0 Å². The molecule has 0 radical (unpaired) electrons. The van der Waals surface area contributed by atoms with Crippen molar-refractivity contribution in [3.05, 3.63) is 57.7 Å². The Morgan fingerprint density at radius 3 is 0.726 bits per heavy atom. The summed E-state index contributed by atoms with van der Waals surface area (Å²) in [4.78, 5) is 0. The molecule has 346 valence electrons.